The molecule has 1 aromatic heterocycles. The number of hydrogen-bond donors (Lipinski definition) is 1. The number of fused-ring (bicyclic) bond motifs is 1. The molecule has 0 saturated heterocycles. The van der Waals surface area contributed by atoms with Crippen LogP contribution in [0.5, 0.6) is 0 Å². The Labute approximate surface area is 102 Å². The van der Waals surface area contributed by atoms with Gasteiger partial charge >= 0.3 is 0 Å². The molecule has 0 spiro atoms. The lowest BCUT2D eigenvalue weighted by molar-refractivity contribution is 0.0763. The molecule has 3 heteroatoms. The molecular formula is C14H21NO2. The van der Waals surface area contributed by atoms with Crippen LogP contribution in [0.4, 0.5) is 0 Å². The predicted molar refractivity (Wildman–Crippen MR) is 68.3 cm³/mol. The summed E-state index contributed by atoms with van der Waals surface area (Å²) in [5.74, 6) is 0. The van der Waals surface area contributed by atoms with Crippen LogP contribution in [-0.4, -0.2) is 9.67 Å². The van der Waals surface area contributed by atoms with Crippen LogP contribution >= 0.6 is 0 Å². The van der Waals surface area contributed by atoms with E-state index in [1.807, 2.05) is 10.6 Å². The zero-order valence-electron chi connectivity index (χ0n) is 10.9. The summed E-state index contributed by atoms with van der Waals surface area (Å²) in [6, 6.07) is 1.91. The number of aliphatic hydroxyl groups is 1. The molecule has 0 unspecified atom stereocenters. The SMILES string of the molecule is CCCn1c2c(cc(C(C)(C)O)c1=O)CCC2. The van der Waals surface area contributed by atoms with E-state index in [2.05, 4.69) is 6.92 Å². The Bertz CT molecular complexity index is 480. The molecule has 94 valence electrons. The zero-order valence-corrected chi connectivity index (χ0v) is 10.9. The van der Waals surface area contributed by atoms with Gasteiger partial charge in [0.25, 0.3) is 5.56 Å². The summed E-state index contributed by atoms with van der Waals surface area (Å²) in [5, 5.41) is 10.1. The second-order valence-electron chi connectivity index (χ2n) is 5.40. The third-order valence-electron chi connectivity index (χ3n) is 3.46. The molecular weight excluding hydrogens is 214 g/mol. The Hall–Kier alpha value is -1.09. The Balaban J connectivity index is 2.65. The van der Waals surface area contributed by atoms with E-state index in [0.29, 0.717) is 5.56 Å². The molecule has 1 aliphatic rings. The fraction of sp³-hybridized carbons (Fsp3) is 0.643. The summed E-state index contributed by atoms with van der Waals surface area (Å²) >= 11 is 0. The highest BCUT2D eigenvalue weighted by Crippen LogP contribution is 2.25. The monoisotopic (exact) mass is 235 g/mol. The largest absolute Gasteiger partial charge is 0.386 e. The van der Waals surface area contributed by atoms with Gasteiger partial charge < -0.3 is 9.67 Å². The van der Waals surface area contributed by atoms with Crippen LogP contribution in [-0.2, 0) is 25.0 Å². The van der Waals surface area contributed by atoms with Crippen LogP contribution in [0.1, 0.15) is 50.4 Å². The van der Waals surface area contributed by atoms with E-state index in [9.17, 15) is 9.90 Å². The summed E-state index contributed by atoms with van der Waals surface area (Å²) in [6.07, 6.45) is 4.09. The van der Waals surface area contributed by atoms with E-state index in [4.69, 9.17) is 0 Å². The van der Waals surface area contributed by atoms with Gasteiger partial charge in [-0.1, -0.05) is 6.92 Å². The van der Waals surface area contributed by atoms with Crippen molar-refractivity contribution in [2.45, 2.75) is 58.6 Å². The lowest BCUT2D eigenvalue weighted by Gasteiger charge is -2.21. The quantitative estimate of drug-likeness (QED) is 0.870. The number of pyridine rings is 1. The third-order valence-corrected chi connectivity index (χ3v) is 3.46. The molecule has 0 atom stereocenters. The van der Waals surface area contributed by atoms with Gasteiger partial charge in [0.2, 0.25) is 0 Å². The lowest BCUT2D eigenvalue weighted by Crippen LogP contribution is -2.33. The minimum absolute atomic E-state index is 0.0139. The van der Waals surface area contributed by atoms with E-state index < -0.39 is 5.60 Å². The second kappa shape index (κ2) is 4.30. The minimum atomic E-state index is -1.05. The number of aryl methyl sites for hydroxylation is 1. The van der Waals surface area contributed by atoms with Gasteiger partial charge in [-0.3, -0.25) is 4.79 Å². The molecule has 2 rings (SSSR count). The normalized spacial score (nSPS) is 15.1. The minimum Gasteiger partial charge on any atom is -0.386 e. The molecule has 0 saturated carbocycles. The van der Waals surface area contributed by atoms with Crippen LogP contribution in [0.25, 0.3) is 0 Å². The first-order chi connectivity index (χ1) is 7.95. The number of hydrogen-bond acceptors (Lipinski definition) is 2. The Morgan fingerprint density at radius 3 is 2.71 bits per heavy atom. The zero-order chi connectivity index (χ0) is 12.6. The highest BCUT2D eigenvalue weighted by molar-refractivity contribution is 5.32. The van der Waals surface area contributed by atoms with Crippen molar-refractivity contribution in [1.82, 2.24) is 4.57 Å². The van der Waals surface area contributed by atoms with Crippen molar-refractivity contribution in [3.63, 3.8) is 0 Å². The number of nitrogens with zero attached hydrogens (tertiary/aromatic N) is 1. The maximum atomic E-state index is 12.4. The summed E-state index contributed by atoms with van der Waals surface area (Å²) in [6.45, 7) is 6.19. The van der Waals surface area contributed by atoms with Crippen LogP contribution in [0.15, 0.2) is 10.9 Å². The molecule has 1 aromatic rings. The molecule has 0 aromatic carbocycles. The average Bonchev–Trinajstić information content (AvgIpc) is 2.68. The first kappa shape index (κ1) is 12.4. The molecule has 1 N–H and O–H groups in total. The summed E-state index contributed by atoms with van der Waals surface area (Å²) in [7, 11) is 0. The summed E-state index contributed by atoms with van der Waals surface area (Å²) < 4.78 is 1.87. The van der Waals surface area contributed by atoms with Crippen LogP contribution in [0.2, 0.25) is 0 Å². The highest BCUT2D eigenvalue weighted by Gasteiger charge is 2.25. The van der Waals surface area contributed by atoms with Gasteiger partial charge in [0.05, 0.1) is 5.60 Å². The molecule has 0 amide bonds. The van der Waals surface area contributed by atoms with Crippen molar-refractivity contribution in [2.24, 2.45) is 0 Å². The van der Waals surface area contributed by atoms with Gasteiger partial charge in [0, 0.05) is 17.8 Å². The second-order valence-corrected chi connectivity index (χ2v) is 5.40. The molecule has 3 nitrogen and oxygen atoms in total. The third kappa shape index (κ3) is 2.16. The van der Waals surface area contributed by atoms with Gasteiger partial charge in [-0.15, -0.1) is 0 Å². The maximum Gasteiger partial charge on any atom is 0.256 e. The molecule has 1 heterocycles. The van der Waals surface area contributed by atoms with Gasteiger partial charge in [0.15, 0.2) is 0 Å². The standard InChI is InChI=1S/C14H21NO2/c1-4-8-15-12-7-5-6-10(12)9-11(13(15)16)14(2,3)17/h9,17H,4-8H2,1-3H3. The summed E-state index contributed by atoms with van der Waals surface area (Å²) in [4.78, 5) is 12.4. The molecule has 17 heavy (non-hydrogen) atoms. The molecule has 0 aliphatic heterocycles. The van der Waals surface area contributed by atoms with Gasteiger partial charge in [-0.2, -0.15) is 0 Å². The van der Waals surface area contributed by atoms with Crippen molar-refractivity contribution in [1.29, 1.82) is 0 Å². The van der Waals surface area contributed by atoms with E-state index >= 15 is 0 Å². The van der Waals surface area contributed by atoms with E-state index in [-0.39, 0.29) is 5.56 Å². The van der Waals surface area contributed by atoms with Crippen molar-refractivity contribution in [3.8, 4) is 0 Å². The van der Waals surface area contributed by atoms with Crippen LogP contribution in [0.3, 0.4) is 0 Å². The first-order valence-electron chi connectivity index (χ1n) is 6.43. The Morgan fingerprint density at radius 1 is 1.41 bits per heavy atom. The molecule has 0 bridgehead atoms. The Morgan fingerprint density at radius 2 is 2.12 bits per heavy atom. The van der Waals surface area contributed by atoms with Crippen molar-refractivity contribution in [2.75, 3.05) is 0 Å². The van der Waals surface area contributed by atoms with Crippen LogP contribution in [0, 0.1) is 0 Å². The van der Waals surface area contributed by atoms with E-state index in [1.165, 1.54) is 11.3 Å². The predicted octanol–water partition coefficient (Wildman–Crippen LogP) is 1.97. The highest BCUT2D eigenvalue weighted by atomic mass is 16.3. The number of aromatic nitrogens is 1. The Kier molecular flexibility index (Phi) is 3.13. The summed E-state index contributed by atoms with van der Waals surface area (Å²) in [5.41, 5.74) is 1.90. The maximum absolute atomic E-state index is 12.4. The van der Waals surface area contributed by atoms with Crippen molar-refractivity contribution >= 4 is 0 Å². The van der Waals surface area contributed by atoms with Crippen LogP contribution < -0.4 is 5.56 Å². The first-order valence-corrected chi connectivity index (χ1v) is 6.43. The number of rotatable bonds is 3. The molecule has 0 fully saturated rings. The van der Waals surface area contributed by atoms with Crippen molar-refractivity contribution in [3.05, 3.63) is 33.2 Å². The van der Waals surface area contributed by atoms with Gasteiger partial charge in [-0.25, -0.2) is 0 Å². The van der Waals surface area contributed by atoms with E-state index in [1.54, 1.807) is 13.8 Å². The molecule has 1 aliphatic carbocycles. The van der Waals surface area contributed by atoms with Crippen molar-refractivity contribution < 1.29 is 5.11 Å². The fourth-order valence-electron chi connectivity index (χ4n) is 2.62. The fourth-order valence-corrected chi connectivity index (χ4v) is 2.62. The van der Waals surface area contributed by atoms with E-state index in [0.717, 1.165) is 32.2 Å². The van der Waals surface area contributed by atoms with Gasteiger partial charge in [0.1, 0.15) is 0 Å². The van der Waals surface area contributed by atoms with Gasteiger partial charge in [-0.05, 0) is 51.2 Å². The average molecular weight is 235 g/mol. The topological polar surface area (TPSA) is 42.2 Å². The lowest BCUT2D eigenvalue weighted by atomic mass is 9.97. The smallest absolute Gasteiger partial charge is 0.256 e. The molecule has 0 radical (unpaired) electrons.